The van der Waals surface area contributed by atoms with Gasteiger partial charge < -0.3 is 14.6 Å². The van der Waals surface area contributed by atoms with Crippen LogP contribution in [0.1, 0.15) is 30.1 Å². The number of pyridine rings is 1. The number of likely N-dealkylation sites (tertiary alicyclic amines) is 1. The number of hydrogen-bond donors (Lipinski definition) is 1. The molecule has 1 aliphatic heterocycles. The average Bonchev–Trinajstić information content (AvgIpc) is 2.39. The van der Waals surface area contributed by atoms with Crippen LogP contribution in [0.15, 0.2) is 23.3 Å². The van der Waals surface area contributed by atoms with Crippen LogP contribution in [0.25, 0.3) is 0 Å². The lowest BCUT2D eigenvalue weighted by molar-refractivity contribution is -0.0440. The maximum Gasteiger partial charge on any atom is 0.259 e. The molecule has 1 amide bonds. The minimum absolute atomic E-state index is 0.192. The number of hydrogen-bond acceptors (Lipinski definition) is 3. The first-order valence-electron chi connectivity index (χ1n) is 6.07. The summed E-state index contributed by atoms with van der Waals surface area (Å²) in [4.78, 5) is 28.4. The Hall–Kier alpha value is -1.62. The van der Waals surface area contributed by atoms with Crippen LogP contribution in [0, 0.1) is 0 Å². The van der Waals surface area contributed by atoms with Crippen LogP contribution in [0.5, 0.6) is 0 Å². The summed E-state index contributed by atoms with van der Waals surface area (Å²) in [5.74, 6) is -0.222. The minimum atomic E-state index is -0.310. The van der Waals surface area contributed by atoms with E-state index in [1.165, 1.54) is 18.5 Å². The molecule has 1 aromatic heterocycles. The fourth-order valence-electron chi connectivity index (χ4n) is 2.30. The highest BCUT2D eigenvalue weighted by Gasteiger charge is 2.33. The normalized spacial score (nSPS) is 24.0. The van der Waals surface area contributed by atoms with Gasteiger partial charge in [-0.25, -0.2) is 0 Å². The minimum Gasteiger partial charge on any atom is -0.377 e. The molecule has 0 aromatic carbocycles. The molecule has 0 saturated carbocycles. The molecule has 1 fully saturated rings. The van der Waals surface area contributed by atoms with E-state index in [-0.39, 0.29) is 22.5 Å². The van der Waals surface area contributed by atoms with E-state index in [1.54, 1.807) is 12.0 Å². The van der Waals surface area contributed by atoms with E-state index in [4.69, 9.17) is 4.74 Å². The van der Waals surface area contributed by atoms with Crippen molar-refractivity contribution in [2.45, 2.75) is 25.4 Å². The molecule has 0 radical (unpaired) electrons. The number of nitrogens with zero attached hydrogens (tertiary/aromatic N) is 1. The van der Waals surface area contributed by atoms with Gasteiger partial charge in [0.1, 0.15) is 5.56 Å². The number of carbonyl (C=O) groups excluding carboxylic acids is 1. The van der Waals surface area contributed by atoms with Crippen molar-refractivity contribution in [3.63, 3.8) is 0 Å². The van der Waals surface area contributed by atoms with E-state index in [9.17, 15) is 9.59 Å². The topological polar surface area (TPSA) is 62.4 Å². The van der Waals surface area contributed by atoms with Crippen LogP contribution in [0.3, 0.4) is 0 Å². The first-order chi connectivity index (χ1) is 8.56. The third kappa shape index (κ3) is 2.46. The maximum absolute atomic E-state index is 12.3. The van der Waals surface area contributed by atoms with Crippen molar-refractivity contribution in [1.82, 2.24) is 9.88 Å². The summed E-state index contributed by atoms with van der Waals surface area (Å²) in [6.45, 7) is 3.18. The molecule has 1 unspecified atom stereocenters. The smallest absolute Gasteiger partial charge is 0.259 e. The molecule has 0 bridgehead atoms. The van der Waals surface area contributed by atoms with Crippen molar-refractivity contribution in [3.8, 4) is 0 Å². The Morgan fingerprint density at radius 2 is 2.33 bits per heavy atom. The molecule has 1 aromatic rings. The third-order valence-electron chi connectivity index (χ3n) is 3.49. The van der Waals surface area contributed by atoms with Gasteiger partial charge in [-0.15, -0.1) is 0 Å². The monoisotopic (exact) mass is 250 g/mol. The SMILES string of the molecule is COC1(C)CCCN(C(=O)c2c[nH]ccc2=O)C1. The van der Waals surface area contributed by atoms with Gasteiger partial charge in [0.05, 0.1) is 5.60 Å². The summed E-state index contributed by atoms with van der Waals surface area (Å²) >= 11 is 0. The zero-order valence-electron chi connectivity index (χ0n) is 10.7. The number of amides is 1. The van der Waals surface area contributed by atoms with Gasteiger partial charge in [0.15, 0.2) is 5.43 Å². The number of aromatic nitrogens is 1. The average molecular weight is 250 g/mol. The molecule has 0 aliphatic carbocycles. The number of aromatic amines is 1. The van der Waals surface area contributed by atoms with E-state index < -0.39 is 0 Å². The zero-order chi connectivity index (χ0) is 13.2. The summed E-state index contributed by atoms with van der Waals surface area (Å²) in [6.07, 6.45) is 4.80. The Labute approximate surface area is 106 Å². The van der Waals surface area contributed by atoms with Crippen molar-refractivity contribution < 1.29 is 9.53 Å². The highest BCUT2D eigenvalue weighted by Crippen LogP contribution is 2.24. The number of ether oxygens (including phenoxy) is 1. The van der Waals surface area contributed by atoms with E-state index in [0.29, 0.717) is 13.1 Å². The fourth-order valence-corrected chi connectivity index (χ4v) is 2.30. The summed E-state index contributed by atoms with van der Waals surface area (Å²) in [5, 5.41) is 0. The number of carbonyl (C=O) groups is 1. The molecule has 98 valence electrons. The number of H-pyrrole nitrogens is 1. The Morgan fingerprint density at radius 1 is 1.56 bits per heavy atom. The molecule has 5 heteroatoms. The Morgan fingerprint density at radius 3 is 3.00 bits per heavy atom. The molecule has 1 saturated heterocycles. The fraction of sp³-hybridized carbons (Fsp3) is 0.538. The molecule has 1 aliphatic rings. The molecule has 1 N–H and O–H groups in total. The first kappa shape index (κ1) is 12.8. The van der Waals surface area contributed by atoms with Gasteiger partial charge >= 0.3 is 0 Å². The Bertz CT molecular complexity index is 497. The van der Waals surface area contributed by atoms with Gasteiger partial charge in [-0.1, -0.05) is 0 Å². The molecule has 2 heterocycles. The lowest BCUT2D eigenvalue weighted by atomic mass is 9.94. The first-order valence-corrected chi connectivity index (χ1v) is 6.07. The van der Waals surface area contributed by atoms with Gasteiger partial charge in [-0.2, -0.15) is 0 Å². The highest BCUT2D eigenvalue weighted by atomic mass is 16.5. The predicted molar refractivity (Wildman–Crippen MR) is 67.6 cm³/mol. The lowest BCUT2D eigenvalue weighted by Gasteiger charge is -2.39. The number of rotatable bonds is 2. The van der Waals surface area contributed by atoms with Crippen molar-refractivity contribution in [3.05, 3.63) is 34.2 Å². The van der Waals surface area contributed by atoms with Crippen molar-refractivity contribution in [2.75, 3.05) is 20.2 Å². The second-order valence-electron chi connectivity index (χ2n) is 4.91. The van der Waals surface area contributed by atoms with Crippen LogP contribution in [0.2, 0.25) is 0 Å². The summed E-state index contributed by atoms with van der Waals surface area (Å²) in [6, 6.07) is 1.37. The highest BCUT2D eigenvalue weighted by molar-refractivity contribution is 5.93. The van der Waals surface area contributed by atoms with Crippen LogP contribution in [0.4, 0.5) is 0 Å². The number of methoxy groups -OCH3 is 1. The van der Waals surface area contributed by atoms with Gasteiger partial charge in [-0.05, 0) is 19.8 Å². The van der Waals surface area contributed by atoms with Crippen LogP contribution in [-0.2, 0) is 4.74 Å². The van der Waals surface area contributed by atoms with Gasteiger partial charge in [-0.3, -0.25) is 9.59 Å². The lowest BCUT2D eigenvalue weighted by Crippen LogP contribution is -2.50. The second-order valence-corrected chi connectivity index (χ2v) is 4.91. The molecule has 18 heavy (non-hydrogen) atoms. The van der Waals surface area contributed by atoms with Crippen molar-refractivity contribution in [2.24, 2.45) is 0 Å². The predicted octanol–water partition coefficient (Wildman–Crippen LogP) is 1.02. The summed E-state index contributed by atoms with van der Waals surface area (Å²) in [7, 11) is 1.66. The Kier molecular flexibility index (Phi) is 3.52. The summed E-state index contributed by atoms with van der Waals surface area (Å²) < 4.78 is 5.45. The number of nitrogens with one attached hydrogen (secondary N) is 1. The van der Waals surface area contributed by atoms with Crippen LogP contribution < -0.4 is 5.43 Å². The third-order valence-corrected chi connectivity index (χ3v) is 3.49. The zero-order valence-corrected chi connectivity index (χ0v) is 10.7. The van der Waals surface area contributed by atoms with E-state index in [2.05, 4.69) is 4.98 Å². The second kappa shape index (κ2) is 4.94. The molecule has 0 spiro atoms. The van der Waals surface area contributed by atoms with Gasteiger partial charge in [0.25, 0.3) is 5.91 Å². The summed E-state index contributed by atoms with van der Waals surface area (Å²) in [5.41, 5.74) is -0.364. The largest absolute Gasteiger partial charge is 0.377 e. The molecule has 1 atom stereocenters. The Balaban J connectivity index is 2.20. The van der Waals surface area contributed by atoms with Crippen LogP contribution >= 0.6 is 0 Å². The molecule has 2 rings (SSSR count). The van der Waals surface area contributed by atoms with Gasteiger partial charge in [0.2, 0.25) is 0 Å². The van der Waals surface area contributed by atoms with Crippen molar-refractivity contribution in [1.29, 1.82) is 0 Å². The maximum atomic E-state index is 12.3. The number of piperidine rings is 1. The van der Waals surface area contributed by atoms with Gasteiger partial charge in [0, 0.05) is 38.7 Å². The van der Waals surface area contributed by atoms with E-state index in [1.807, 2.05) is 6.92 Å². The molecular formula is C13H18N2O3. The van der Waals surface area contributed by atoms with Crippen molar-refractivity contribution >= 4 is 5.91 Å². The van der Waals surface area contributed by atoms with Crippen LogP contribution in [-0.4, -0.2) is 41.6 Å². The standard InChI is InChI=1S/C13H18N2O3/c1-13(18-2)5-3-7-15(9-13)12(17)10-8-14-6-4-11(10)16/h4,6,8H,3,5,7,9H2,1-2H3,(H,14,16). The molecular weight excluding hydrogens is 232 g/mol. The van der Waals surface area contributed by atoms with E-state index >= 15 is 0 Å². The quantitative estimate of drug-likeness (QED) is 0.852. The molecule has 5 nitrogen and oxygen atoms in total. The van der Waals surface area contributed by atoms with E-state index in [0.717, 1.165) is 12.8 Å².